The Labute approximate surface area is 157 Å². The number of carboxylic acids is 1. The molecule has 1 aliphatic rings. The molecule has 2 aromatic carbocycles. The molecule has 7 nitrogen and oxygen atoms in total. The van der Waals surface area contributed by atoms with Gasteiger partial charge < -0.3 is 10.4 Å². The zero-order valence-corrected chi connectivity index (χ0v) is 15.3. The van der Waals surface area contributed by atoms with Crippen LogP contribution in [-0.2, 0) is 19.6 Å². The average molecular weight is 388 g/mol. The number of carboxylic acid groups (broad SMARTS) is 1. The van der Waals surface area contributed by atoms with E-state index in [0.29, 0.717) is 24.9 Å². The van der Waals surface area contributed by atoms with Gasteiger partial charge in [-0.2, -0.15) is 0 Å². The SMILES string of the molecule is O=C(O)[C@@H]1CC[C@H](C(=O)Nc2ccccc2NS(=O)(=O)c2ccccc2)C1. The van der Waals surface area contributed by atoms with Crippen molar-refractivity contribution < 1.29 is 23.1 Å². The van der Waals surface area contributed by atoms with Gasteiger partial charge in [-0.15, -0.1) is 0 Å². The zero-order chi connectivity index (χ0) is 19.4. The lowest BCUT2D eigenvalue weighted by Gasteiger charge is -2.15. The smallest absolute Gasteiger partial charge is 0.306 e. The summed E-state index contributed by atoms with van der Waals surface area (Å²) in [5.41, 5.74) is 0.586. The molecule has 3 N–H and O–H groups in total. The fourth-order valence-corrected chi connectivity index (χ4v) is 4.26. The zero-order valence-electron chi connectivity index (χ0n) is 14.5. The minimum absolute atomic E-state index is 0.117. The van der Waals surface area contributed by atoms with Gasteiger partial charge in [0.25, 0.3) is 10.0 Å². The molecule has 0 radical (unpaired) electrons. The second-order valence-electron chi connectivity index (χ2n) is 6.50. The van der Waals surface area contributed by atoms with E-state index in [1.54, 1.807) is 42.5 Å². The number of nitrogens with one attached hydrogen (secondary N) is 2. The molecule has 1 fully saturated rings. The first-order valence-corrected chi connectivity index (χ1v) is 10.1. The number of amides is 1. The fraction of sp³-hybridized carbons (Fsp3) is 0.263. The molecular formula is C19H20N2O5S. The molecule has 0 spiro atoms. The predicted octanol–water partition coefficient (Wildman–Crippen LogP) is 2.93. The van der Waals surface area contributed by atoms with E-state index in [4.69, 9.17) is 5.11 Å². The molecule has 1 amide bonds. The molecule has 0 aromatic heterocycles. The number of carbonyl (C=O) groups excluding carboxylic acids is 1. The highest BCUT2D eigenvalue weighted by atomic mass is 32.2. The largest absolute Gasteiger partial charge is 0.481 e. The number of aliphatic carboxylic acids is 1. The van der Waals surface area contributed by atoms with Crippen LogP contribution in [0.3, 0.4) is 0 Å². The summed E-state index contributed by atoms with van der Waals surface area (Å²) in [6, 6.07) is 14.4. The third kappa shape index (κ3) is 4.46. The highest BCUT2D eigenvalue weighted by Gasteiger charge is 2.34. The number of benzene rings is 2. The highest BCUT2D eigenvalue weighted by Crippen LogP contribution is 2.33. The molecule has 0 aliphatic heterocycles. The van der Waals surface area contributed by atoms with Gasteiger partial charge >= 0.3 is 5.97 Å². The minimum Gasteiger partial charge on any atom is -0.481 e. The molecule has 1 aliphatic carbocycles. The van der Waals surface area contributed by atoms with Gasteiger partial charge in [0.05, 0.1) is 22.2 Å². The standard InChI is InChI=1S/C19H20N2O5S/c22-18(13-10-11-14(12-13)19(23)24)20-16-8-4-5-9-17(16)21-27(25,26)15-6-2-1-3-7-15/h1-9,13-14,21H,10-12H2,(H,20,22)(H,23,24)/t13-,14+/m0/s1. The van der Waals surface area contributed by atoms with E-state index in [2.05, 4.69) is 10.0 Å². The summed E-state index contributed by atoms with van der Waals surface area (Å²) in [5.74, 6) is -2.09. The van der Waals surface area contributed by atoms with Crippen LogP contribution in [0, 0.1) is 11.8 Å². The number of rotatable bonds is 6. The second-order valence-corrected chi connectivity index (χ2v) is 8.18. The number of anilines is 2. The molecule has 2 atom stereocenters. The van der Waals surface area contributed by atoms with Crippen molar-refractivity contribution in [1.82, 2.24) is 0 Å². The summed E-state index contributed by atoms with van der Waals surface area (Å²) in [6.07, 6.45) is 1.26. The van der Waals surface area contributed by atoms with Gasteiger partial charge in [-0.05, 0) is 43.5 Å². The summed E-state index contributed by atoms with van der Waals surface area (Å²) >= 11 is 0. The highest BCUT2D eigenvalue weighted by molar-refractivity contribution is 7.92. The quantitative estimate of drug-likeness (QED) is 0.704. The molecule has 0 heterocycles. The van der Waals surface area contributed by atoms with Gasteiger partial charge in [-0.3, -0.25) is 14.3 Å². The van der Waals surface area contributed by atoms with Gasteiger partial charge in [0, 0.05) is 5.92 Å². The lowest BCUT2D eigenvalue weighted by atomic mass is 10.0. The Balaban J connectivity index is 1.75. The number of hydrogen-bond acceptors (Lipinski definition) is 4. The van der Waals surface area contributed by atoms with Gasteiger partial charge in [0.1, 0.15) is 0 Å². The maximum absolute atomic E-state index is 12.5. The van der Waals surface area contributed by atoms with Crippen molar-refractivity contribution in [2.45, 2.75) is 24.2 Å². The molecule has 0 saturated heterocycles. The number of carbonyl (C=O) groups is 2. The van der Waals surface area contributed by atoms with E-state index >= 15 is 0 Å². The third-order valence-corrected chi connectivity index (χ3v) is 6.02. The van der Waals surface area contributed by atoms with Crippen molar-refractivity contribution in [2.75, 3.05) is 10.0 Å². The minimum atomic E-state index is -3.79. The van der Waals surface area contributed by atoms with Crippen LogP contribution in [0.25, 0.3) is 0 Å². The Hall–Kier alpha value is -2.87. The van der Waals surface area contributed by atoms with Gasteiger partial charge in [-0.1, -0.05) is 30.3 Å². The number of para-hydroxylation sites is 2. The van der Waals surface area contributed by atoms with Crippen LogP contribution >= 0.6 is 0 Å². The van der Waals surface area contributed by atoms with Gasteiger partial charge in [0.15, 0.2) is 0 Å². The van der Waals surface area contributed by atoms with Crippen LogP contribution in [0.2, 0.25) is 0 Å². The van der Waals surface area contributed by atoms with Crippen molar-refractivity contribution >= 4 is 33.3 Å². The molecule has 142 valence electrons. The van der Waals surface area contributed by atoms with E-state index in [0.717, 1.165) is 0 Å². The summed E-state index contributed by atoms with van der Waals surface area (Å²) in [6.45, 7) is 0. The first-order valence-electron chi connectivity index (χ1n) is 8.57. The lowest BCUT2D eigenvalue weighted by molar-refractivity contribution is -0.141. The normalized spacial score (nSPS) is 19.4. The summed E-state index contributed by atoms with van der Waals surface area (Å²) < 4.78 is 27.5. The third-order valence-electron chi connectivity index (χ3n) is 4.64. The Bertz CT molecular complexity index is 944. The number of sulfonamides is 1. The Morgan fingerprint density at radius 3 is 2.11 bits per heavy atom. The van der Waals surface area contributed by atoms with Gasteiger partial charge in [0.2, 0.25) is 5.91 Å². The van der Waals surface area contributed by atoms with E-state index < -0.39 is 27.8 Å². The summed E-state index contributed by atoms with van der Waals surface area (Å²) in [5, 5.41) is 11.8. The molecule has 0 bridgehead atoms. The van der Waals surface area contributed by atoms with Crippen LogP contribution < -0.4 is 10.0 Å². The topological polar surface area (TPSA) is 113 Å². The van der Waals surface area contributed by atoms with E-state index in [-0.39, 0.29) is 16.5 Å². The van der Waals surface area contributed by atoms with Crippen molar-refractivity contribution in [1.29, 1.82) is 0 Å². The van der Waals surface area contributed by atoms with Crippen LogP contribution in [0.5, 0.6) is 0 Å². The van der Waals surface area contributed by atoms with Crippen LogP contribution in [0.4, 0.5) is 11.4 Å². The second kappa shape index (κ2) is 7.79. The van der Waals surface area contributed by atoms with Gasteiger partial charge in [-0.25, -0.2) is 8.42 Å². The van der Waals surface area contributed by atoms with E-state index in [1.165, 1.54) is 12.1 Å². The van der Waals surface area contributed by atoms with E-state index in [1.807, 2.05) is 0 Å². The average Bonchev–Trinajstić information content (AvgIpc) is 3.14. The summed E-state index contributed by atoms with van der Waals surface area (Å²) in [7, 11) is -3.79. The van der Waals surface area contributed by atoms with Crippen molar-refractivity contribution in [2.24, 2.45) is 11.8 Å². The first kappa shape index (κ1) is 18.9. The predicted molar refractivity (Wildman–Crippen MR) is 101 cm³/mol. The van der Waals surface area contributed by atoms with Crippen molar-refractivity contribution in [3.8, 4) is 0 Å². The van der Waals surface area contributed by atoms with E-state index in [9.17, 15) is 18.0 Å². The van der Waals surface area contributed by atoms with Crippen molar-refractivity contribution in [3.05, 3.63) is 54.6 Å². The van der Waals surface area contributed by atoms with Crippen LogP contribution in [0.15, 0.2) is 59.5 Å². The molecule has 2 aromatic rings. The maximum atomic E-state index is 12.5. The Kier molecular flexibility index (Phi) is 5.46. The number of hydrogen-bond donors (Lipinski definition) is 3. The van der Waals surface area contributed by atoms with Crippen molar-refractivity contribution in [3.63, 3.8) is 0 Å². The molecule has 0 unspecified atom stereocenters. The van der Waals surface area contributed by atoms with Crippen LogP contribution in [0.1, 0.15) is 19.3 Å². The Morgan fingerprint density at radius 1 is 0.889 bits per heavy atom. The maximum Gasteiger partial charge on any atom is 0.306 e. The molecular weight excluding hydrogens is 368 g/mol. The lowest BCUT2D eigenvalue weighted by Crippen LogP contribution is -2.23. The first-order chi connectivity index (χ1) is 12.9. The van der Waals surface area contributed by atoms with Crippen LogP contribution in [-0.4, -0.2) is 25.4 Å². The fourth-order valence-electron chi connectivity index (χ4n) is 3.16. The monoisotopic (exact) mass is 388 g/mol. The Morgan fingerprint density at radius 2 is 1.48 bits per heavy atom. The molecule has 8 heteroatoms. The molecule has 27 heavy (non-hydrogen) atoms. The summed E-state index contributed by atoms with van der Waals surface area (Å²) in [4.78, 5) is 23.7. The molecule has 1 saturated carbocycles. The molecule has 3 rings (SSSR count).